The van der Waals surface area contributed by atoms with Gasteiger partial charge in [-0.1, -0.05) is 68.3 Å². The lowest BCUT2D eigenvalue weighted by Crippen LogP contribution is -2.32. The van der Waals surface area contributed by atoms with Crippen molar-refractivity contribution in [2.24, 2.45) is 0 Å². The minimum Gasteiger partial charge on any atom is -0.462 e. The van der Waals surface area contributed by atoms with Crippen LogP contribution in [0.1, 0.15) is 55.3 Å². The molecule has 0 amide bonds. The summed E-state index contributed by atoms with van der Waals surface area (Å²) in [5, 5.41) is 10.2. The van der Waals surface area contributed by atoms with E-state index >= 15 is 0 Å². The fourth-order valence-electron chi connectivity index (χ4n) is 2.86. The van der Waals surface area contributed by atoms with E-state index in [1.54, 1.807) is 24.3 Å². The van der Waals surface area contributed by atoms with Crippen LogP contribution in [-0.4, -0.2) is 46.8 Å². The van der Waals surface area contributed by atoms with Crippen molar-refractivity contribution < 1.29 is 14.6 Å². The summed E-state index contributed by atoms with van der Waals surface area (Å²) in [6.07, 6.45) is 9.43. The molecule has 0 aromatic heterocycles. The van der Waals surface area contributed by atoms with Crippen LogP contribution >= 0.6 is 12.2 Å². The lowest BCUT2D eigenvalue weighted by atomic mass is 10.1. The molecule has 0 bridgehead atoms. The third-order valence-corrected chi connectivity index (χ3v) is 4.81. The number of unbranched alkanes of at least 4 members (excludes halogenated alkanes) is 4. The largest absolute Gasteiger partial charge is 0.462 e. The first-order valence-electron chi connectivity index (χ1n) is 9.98. The maximum absolute atomic E-state index is 11.8. The van der Waals surface area contributed by atoms with Crippen LogP contribution < -0.4 is 0 Å². The van der Waals surface area contributed by atoms with Crippen LogP contribution in [0.5, 0.6) is 0 Å². The van der Waals surface area contributed by atoms with Crippen molar-refractivity contribution in [3.8, 4) is 0 Å². The molecule has 0 saturated heterocycles. The van der Waals surface area contributed by atoms with E-state index in [-0.39, 0.29) is 5.97 Å². The molecule has 1 rings (SSSR count). The first kappa shape index (κ1) is 24.1. The van der Waals surface area contributed by atoms with Crippen LogP contribution in [0.3, 0.4) is 0 Å². The molecule has 1 atom stereocenters. The Balaban J connectivity index is 2.05. The Morgan fingerprint density at radius 1 is 1.07 bits per heavy atom. The number of aliphatic hydroxyl groups excluding tert-OH is 1. The Bertz CT molecular complexity index is 593. The average Bonchev–Trinajstić information content (AvgIpc) is 2.70. The molecular formula is C23H33NO3S. The van der Waals surface area contributed by atoms with E-state index in [9.17, 15) is 9.90 Å². The van der Waals surface area contributed by atoms with Crippen molar-refractivity contribution in [1.82, 2.24) is 4.90 Å². The number of carbonyl (C=O) groups is 1. The number of thiocarbonyl (C=S) groups is 1. The van der Waals surface area contributed by atoms with E-state index in [4.69, 9.17) is 17.0 Å². The van der Waals surface area contributed by atoms with Crippen LogP contribution in [0.4, 0.5) is 0 Å². The van der Waals surface area contributed by atoms with Gasteiger partial charge in [0.25, 0.3) is 0 Å². The summed E-state index contributed by atoms with van der Waals surface area (Å²) in [7, 11) is 0. The molecular weight excluding hydrogens is 370 g/mol. The van der Waals surface area contributed by atoms with Gasteiger partial charge in [-0.3, -0.25) is 0 Å². The second kappa shape index (κ2) is 15.0. The number of esters is 1. The summed E-state index contributed by atoms with van der Waals surface area (Å²) < 4.78 is 5.27. The van der Waals surface area contributed by atoms with Gasteiger partial charge in [0.05, 0.1) is 23.3 Å². The van der Waals surface area contributed by atoms with Crippen LogP contribution in [-0.2, 0) is 4.74 Å². The predicted octanol–water partition coefficient (Wildman–Crippen LogP) is 4.94. The fraction of sp³-hybridized carbons (Fsp3) is 0.478. The maximum Gasteiger partial charge on any atom is 0.338 e. The summed E-state index contributed by atoms with van der Waals surface area (Å²) in [5.74, 6) is -0.262. The molecule has 1 aromatic carbocycles. The minimum atomic E-state index is -0.406. The minimum absolute atomic E-state index is 0.262. The second-order valence-corrected chi connectivity index (χ2v) is 7.26. The Morgan fingerprint density at radius 2 is 1.68 bits per heavy atom. The number of rotatable bonds is 15. The third-order valence-electron chi connectivity index (χ3n) is 4.39. The topological polar surface area (TPSA) is 49.8 Å². The summed E-state index contributed by atoms with van der Waals surface area (Å²) >= 11 is 5.42. The molecule has 0 aliphatic heterocycles. The molecule has 0 fully saturated rings. The van der Waals surface area contributed by atoms with Crippen molar-refractivity contribution in [3.63, 3.8) is 0 Å². The average molecular weight is 404 g/mol. The molecule has 0 radical (unpaired) electrons. The second-order valence-electron chi connectivity index (χ2n) is 6.79. The number of nitrogens with zero attached hydrogens (tertiary/aromatic N) is 1. The first-order chi connectivity index (χ1) is 13.6. The smallest absolute Gasteiger partial charge is 0.338 e. The maximum atomic E-state index is 11.8. The molecule has 0 aliphatic carbocycles. The molecule has 1 aromatic rings. The highest BCUT2D eigenvalue weighted by molar-refractivity contribution is 7.80. The van der Waals surface area contributed by atoms with Crippen molar-refractivity contribution in [2.45, 2.75) is 51.0 Å². The van der Waals surface area contributed by atoms with Crippen molar-refractivity contribution in [1.29, 1.82) is 0 Å². The van der Waals surface area contributed by atoms with Gasteiger partial charge in [-0.25, -0.2) is 4.79 Å². The monoisotopic (exact) mass is 403 g/mol. The van der Waals surface area contributed by atoms with Gasteiger partial charge < -0.3 is 14.7 Å². The third kappa shape index (κ3) is 10.4. The van der Waals surface area contributed by atoms with Gasteiger partial charge >= 0.3 is 5.97 Å². The summed E-state index contributed by atoms with van der Waals surface area (Å²) in [6.45, 7) is 9.27. The van der Waals surface area contributed by atoms with Crippen molar-refractivity contribution in [3.05, 3.63) is 61.2 Å². The highest BCUT2D eigenvalue weighted by atomic mass is 32.1. The molecule has 5 heteroatoms. The zero-order valence-electron chi connectivity index (χ0n) is 16.7. The van der Waals surface area contributed by atoms with Crippen molar-refractivity contribution >= 4 is 23.2 Å². The van der Waals surface area contributed by atoms with Gasteiger partial charge in [0.1, 0.15) is 0 Å². The molecule has 0 saturated carbocycles. The van der Waals surface area contributed by atoms with Crippen LogP contribution in [0.15, 0.2) is 55.6 Å². The first-order valence-corrected chi connectivity index (χ1v) is 10.4. The summed E-state index contributed by atoms with van der Waals surface area (Å²) in [4.78, 5) is 14.6. The number of carbonyl (C=O) groups excluding carboxylic acids is 1. The van der Waals surface area contributed by atoms with E-state index in [0.717, 1.165) is 43.5 Å². The predicted molar refractivity (Wildman–Crippen MR) is 120 cm³/mol. The van der Waals surface area contributed by atoms with E-state index in [1.165, 1.54) is 0 Å². The SMILES string of the molecule is C=CCN(CC=C)C(=S)C[C@@H](O)CCCCCCCOC(=O)c1ccccc1. The van der Waals surface area contributed by atoms with E-state index in [2.05, 4.69) is 13.2 Å². The van der Waals surface area contributed by atoms with E-state index in [0.29, 0.717) is 31.7 Å². The van der Waals surface area contributed by atoms with Gasteiger partial charge in [0.2, 0.25) is 0 Å². The van der Waals surface area contributed by atoms with Gasteiger partial charge in [-0.15, -0.1) is 13.2 Å². The Hall–Kier alpha value is -1.98. The molecule has 1 N–H and O–H groups in total. The fourth-order valence-corrected chi connectivity index (χ4v) is 3.20. The molecule has 0 unspecified atom stereocenters. The van der Waals surface area contributed by atoms with E-state index < -0.39 is 6.10 Å². The number of benzene rings is 1. The molecule has 4 nitrogen and oxygen atoms in total. The van der Waals surface area contributed by atoms with E-state index in [1.807, 2.05) is 23.1 Å². The zero-order chi connectivity index (χ0) is 20.6. The highest BCUT2D eigenvalue weighted by Gasteiger charge is 2.12. The molecule has 154 valence electrons. The molecule has 0 spiro atoms. The lowest BCUT2D eigenvalue weighted by Gasteiger charge is -2.24. The molecule has 28 heavy (non-hydrogen) atoms. The Morgan fingerprint density at radius 3 is 2.32 bits per heavy atom. The van der Waals surface area contributed by atoms with Gasteiger partial charge in [-0.2, -0.15) is 0 Å². The number of aliphatic hydroxyl groups is 1. The normalized spacial score (nSPS) is 11.5. The highest BCUT2D eigenvalue weighted by Crippen LogP contribution is 2.12. The zero-order valence-corrected chi connectivity index (χ0v) is 17.5. The van der Waals surface area contributed by atoms with Gasteiger partial charge in [-0.05, 0) is 25.0 Å². The molecule has 0 heterocycles. The van der Waals surface area contributed by atoms with Crippen LogP contribution in [0.25, 0.3) is 0 Å². The number of ether oxygens (including phenoxy) is 1. The Labute approximate surface area is 174 Å². The number of hydrogen-bond acceptors (Lipinski definition) is 4. The van der Waals surface area contributed by atoms with Crippen molar-refractivity contribution in [2.75, 3.05) is 19.7 Å². The standard InChI is InChI=1S/C23H33NO3S/c1-3-16-24(17-4-2)22(28)19-21(25)15-11-6-5-7-12-18-27-23(26)20-13-9-8-10-14-20/h3-4,8-10,13-14,21,25H,1-2,5-7,11-12,15-19H2/t21-/m0/s1. The summed E-state index contributed by atoms with van der Waals surface area (Å²) in [6, 6.07) is 9.04. The Kier molecular flexibility index (Phi) is 12.9. The van der Waals surface area contributed by atoms with Crippen LogP contribution in [0.2, 0.25) is 0 Å². The van der Waals surface area contributed by atoms with Gasteiger partial charge in [0.15, 0.2) is 0 Å². The quantitative estimate of drug-likeness (QED) is 0.195. The summed E-state index contributed by atoms with van der Waals surface area (Å²) in [5.41, 5.74) is 0.592. The number of hydrogen-bond donors (Lipinski definition) is 1. The lowest BCUT2D eigenvalue weighted by molar-refractivity contribution is 0.0497. The molecule has 0 aliphatic rings. The van der Waals surface area contributed by atoms with Crippen LogP contribution in [0, 0.1) is 0 Å². The van der Waals surface area contributed by atoms with Gasteiger partial charge in [0, 0.05) is 19.5 Å².